The first-order valence-electron chi connectivity index (χ1n) is 11.2. The Kier molecular flexibility index (Phi) is 8.06. The number of carbonyl (C=O) groups is 1. The van der Waals surface area contributed by atoms with E-state index in [0.29, 0.717) is 6.54 Å². The molecule has 0 bridgehead atoms. The summed E-state index contributed by atoms with van der Waals surface area (Å²) in [6, 6.07) is 23.9. The van der Waals surface area contributed by atoms with Gasteiger partial charge in [-0.2, -0.15) is 5.10 Å². The zero-order chi connectivity index (χ0) is 23.8. The molecule has 34 heavy (non-hydrogen) atoms. The van der Waals surface area contributed by atoms with E-state index in [0.717, 1.165) is 30.2 Å². The van der Waals surface area contributed by atoms with Crippen LogP contribution in [0, 0.1) is 0 Å². The fourth-order valence-electron chi connectivity index (χ4n) is 3.77. The average Bonchev–Trinajstić information content (AvgIpc) is 3.50. The molecule has 1 N–H and O–H groups in total. The Morgan fingerprint density at radius 1 is 1.00 bits per heavy atom. The van der Waals surface area contributed by atoms with Crippen molar-refractivity contribution in [1.82, 2.24) is 24.6 Å². The molecule has 2 heterocycles. The quantitative estimate of drug-likeness (QED) is 0.362. The number of aromatic nitrogens is 3. The van der Waals surface area contributed by atoms with Crippen LogP contribution in [0.1, 0.15) is 11.1 Å². The summed E-state index contributed by atoms with van der Waals surface area (Å²) in [7, 11) is 0.664. The van der Waals surface area contributed by atoms with Gasteiger partial charge < -0.3 is 14.8 Å². The maximum Gasteiger partial charge on any atom is 0.232 e. The van der Waals surface area contributed by atoms with E-state index in [9.17, 15) is 9.00 Å². The zero-order valence-electron chi connectivity index (χ0n) is 19.2. The number of nitrogens with zero attached hydrogens (tertiary/aromatic N) is 4. The van der Waals surface area contributed by atoms with Gasteiger partial charge in [0.1, 0.15) is 11.6 Å². The Labute approximate surface area is 202 Å². The molecule has 0 spiro atoms. The molecule has 4 rings (SSSR count). The maximum absolute atomic E-state index is 12.8. The Morgan fingerprint density at radius 2 is 1.68 bits per heavy atom. The Bertz CT molecular complexity index is 1210. The normalized spacial score (nSPS) is 12.1. The smallest absolute Gasteiger partial charge is 0.232 e. The van der Waals surface area contributed by atoms with Crippen molar-refractivity contribution in [3.8, 4) is 11.5 Å². The van der Waals surface area contributed by atoms with Crippen LogP contribution in [0.3, 0.4) is 0 Å². The first-order chi connectivity index (χ1) is 16.6. The van der Waals surface area contributed by atoms with E-state index in [1.54, 1.807) is 6.20 Å². The number of likely N-dealkylation sites (N-methyl/N-ethyl adjacent to an activating group) is 1. The van der Waals surface area contributed by atoms with Crippen molar-refractivity contribution in [2.24, 2.45) is 0 Å². The van der Waals surface area contributed by atoms with Crippen molar-refractivity contribution < 1.29 is 9.00 Å². The Balaban J connectivity index is 1.32. The van der Waals surface area contributed by atoms with Crippen molar-refractivity contribution in [3.63, 3.8) is 0 Å². The Hall–Kier alpha value is -3.49. The predicted octanol–water partition coefficient (Wildman–Crippen LogP) is 3.16. The third-order valence-electron chi connectivity index (χ3n) is 5.39. The van der Waals surface area contributed by atoms with Gasteiger partial charge in [-0.1, -0.05) is 48.5 Å². The molecule has 1 amide bonds. The molecule has 176 valence electrons. The number of amides is 1. The Morgan fingerprint density at radius 3 is 2.38 bits per heavy atom. The van der Waals surface area contributed by atoms with Crippen LogP contribution in [0.4, 0.5) is 0 Å². The lowest BCUT2D eigenvalue weighted by atomic mass is 10.2. The third-order valence-corrected chi connectivity index (χ3v) is 6.60. The van der Waals surface area contributed by atoms with Gasteiger partial charge in [0, 0.05) is 48.4 Å². The van der Waals surface area contributed by atoms with E-state index in [-0.39, 0.29) is 17.4 Å². The molecule has 1 atom stereocenters. The van der Waals surface area contributed by atoms with Crippen molar-refractivity contribution in [2.45, 2.75) is 12.3 Å². The molecular formula is C26H29N5O2S. The number of nitrogens with one attached hydrogen (secondary N) is 1. The van der Waals surface area contributed by atoms with Crippen LogP contribution in [-0.4, -0.2) is 55.3 Å². The van der Waals surface area contributed by atoms with Crippen LogP contribution in [0.25, 0.3) is 11.5 Å². The largest absolute Gasteiger partial charge is 0.354 e. The van der Waals surface area contributed by atoms with E-state index in [1.807, 2.05) is 89.4 Å². The van der Waals surface area contributed by atoms with Crippen molar-refractivity contribution in [2.75, 3.05) is 25.9 Å². The van der Waals surface area contributed by atoms with E-state index in [4.69, 9.17) is 0 Å². The summed E-state index contributed by atoms with van der Waals surface area (Å²) < 4.78 is 16.6. The molecular weight excluding hydrogens is 446 g/mol. The van der Waals surface area contributed by atoms with E-state index >= 15 is 0 Å². The van der Waals surface area contributed by atoms with Crippen molar-refractivity contribution in [1.29, 1.82) is 0 Å². The molecule has 0 saturated heterocycles. The second-order valence-electron chi connectivity index (χ2n) is 8.13. The summed E-state index contributed by atoms with van der Waals surface area (Å²) in [6.07, 6.45) is 5.60. The highest BCUT2D eigenvalue weighted by Gasteiger charge is 2.17. The lowest BCUT2D eigenvalue weighted by molar-refractivity contribution is -0.118. The first kappa shape index (κ1) is 23.7. The molecule has 2 aromatic heterocycles. The van der Waals surface area contributed by atoms with Gasteiger partial charge >= 0.3 is 0 Å². The summed E-state index contributed by atoms with van der Waals surface area (Å²) in [4.78, 5) is 14.5. The van der Waals surface area contributed by atoms with Gasteiger partial charge in [-0.15, -0.1) is 0 Å². The number of hydrogen-bond acceptors (Lipinski definition) is 4. The monoisotopic (exact) mass is 475 g/mol. The van der Waals surface area contributed by atoms with E-state index < -0.39 is 10.8 Å². The van der Waals surface area contributed by atoms with Crippen LogP contribution in [0.15, 0.2) is 91.4 Å². The van der Waals surface area contributed by atoms with Gasteiger partial charge in [0.2, 0.25) is 5.91 Å². The first-order valence-corrected chi connectivity index (χ1v) is 12.7. The molecule has 0 aliphatic carbocycles. The van der Waals surface area contributed by atoms with E-state index in [1.165, 1.54) is 5.56 Å². The summed E-state index contributed by atoms with van der Waals surface area (Å²) in [5, 5.41) is 7.42. The molecule has 8 heteroatoms. The highest BCUT2D eigenvalue weighted by molar-refractivity contribution is 7.84. The fourth-order valence-corrected chi connectivity index (χ4v) is 4.82. The van der Waals surface area contributed by atoms with Gasteiger partial charge in [0.15, 0.2) is 0 Å². The second kappa shape index (κ2) is 11.6. The summed E-state index contributed by atoms with van der Waals surface area (Å²) >= 11 is 0. The molecule has 2 aromatic carbocycles. The van der Waals surface area contributed by atoms with E-state index in [2.05, 4.69) is 27.4 Å². The molecule has 7 nitrogen and oxygen atoms in total. The molecule has 0 saturated carbocycles. The lowest BCUT2D eigenvalue weighted by Crippen LogP contribution is -2.35. The summed E-state index contributed by atoms with van der Waals surface area (Å²) in [5.41, 5.74) is 2.97. The number of para-hydroxylation sites is 1. The highest BCUT2D eigenvalue weighted by atomic mass is 32.2. The van der Waals surface area contributed by atoms with Gasteiger partial charge in [-0.05, 0) is 36.9 Å². The van der Waals surface area contributed by atoms with Crippen LogP contribution in [0.2, 0.25) is 0 Å². The van der Waals surface area contributed by atoms with Crippen molar-refractivity contribution in [3.05, 3.63) is 103 Å². The van der Waals surface area contributed by atoms with Gasteiger partial charge in [-0.3, -0.25) is 9.00 Å². The maximum atomic E-state index is 12.8. The zero-order valence-corrected chi connectivity index (χ0v) is 20.0. The number of benzene rings is 2. The molecule has 4 aromatic rings. The van der Waals surface area contributed by atoms with Gasteiger partial charge in [0.05, 0.1) is 17.6 Å². The topological polar surface area (TPSA) is 72.2 Å². The summed E-state index contributed by atoms with van der Waals surface area (Å²) in [6.45, 7) is 2.05. The highest BCUT2D eigenvalue weighted by Crippen LogP contribution is 2.21. The molecule has 0 aliphatic rings. The van der Waals surface area contributed by atoms with Gasteiger partial charge in [-0.25, -0.2) is 4.68 Å². The average molecular weight is 476 g/mol. The lowest BCUT2D eigenvalue weighted by Gasteiger charge is -2.17. The summed E-state index contributed by atoms with van der Waals surface area (Å²) in [5.74, 6) is 0.836. The predicted molar refractivity (Wildman–Crippen MR) is 135 cm³/mol. The second-order valence-corrected chi connectivity index (χ2v) is 9.59. The number of hydrogen-bond donors (Lipinski definition) is 1. The fraction of sp³-hybridized carbons (Fsp3) is 0.231. The number of rotatable bonds is 11. The number of carbonyl (C=O) groups excluding carboxylic acids is 1. The molecule has 1 unspecified atom stereocenters. The SMILES string of the molecule is CN(CCNC(=O)CS(=O)Cc1cnn(-c2ccccc2)c1-n1cccc1)Cc1ccccc1. The minimum atomic E-state index is -1.35. The minimum Gasteiger partial charge on any atom is -0.354 e. The molecule has 0 radical (unpaired) electrons. The van der Waals surface area contributed by atoms with Crippen LogP contribution < -0.4 is 5.32 Å². The molecule has 0 aliphatic heterocycles. The standard InChI is InChI=1S/C26H29N5O2S/c1-29(19-22-10-4-2-5-11-22)17-14-27-25(32)21-34(33)20-23-18-28-31(24-12-6-3-7-13-24)26(23)30-15-8-9-16-30/h2-13,15-16,18H,14,17,19-21H2,1H3,(H,27,32). The van der Waals surface area contributed by atoms with Crippen LogP contribution in [0.5, 0.6) is 0 Å². The van der Waals surface area contributed by atoms with Crippen LogP contribution >= 0.6 is 0 Å². The van der Waals surface area contributed by atoms with Gasteiger partial charge in [0.25, 0.3) is 0 Å². The third kappa shape index (κ3) is 6.30. The van der Waals surface area contributed by atoms with Crippen LogP contribution in [-0.2, 0) is 27.9 Å². The van der Waals surface area contributed by atoms with Crippen molar-refractivity contribution >= 4 is 16.7 Å². The molecule has 0 fully saturated rings. The minimum absolute atomic E-state index is 0.0377.